The van der Waals surface area contributed by atoms with Crippen LogP contribution in [0.1, 0.15) is 24.0 Å². The summed E-state index contributed by atoms with van der Waals surface area (Å²) >= 11 is 0. The van der Waals surface area contributed by atoms with Crippen LogP contribution in [-0.4, -0.2) is 17.4 Å². The molecule has 0 aliphatic carbocycles. The fourth-order valence-electron chi connectivity index (χ4n) is 2.24. The number of nitro groups is 1. The van der Waals surface area contributed by atoms with Crippen LogP contribution in [0.15, 0.2) is 42.5 Å². The van der Waals surface area contributed by atoms with Crippen LogP contribution in [0.4, 0.5) is 11.4 Å². The van der Waals surface area contributed by atoms with Crippen molar-refractivity contribution in [1.82, 2.24) is 0 Å². The van der Waals surface area contributed by atoms with E-state index in [1.165, 1.54) is 6.07 Å². The third kappa shape index (κ3) is 5.08. The fraction of sp³-hybridized carbons (Fsp3) is 0.278. The maximum absolute atomic E-state index is 11.9. The van der Waals surface area contributed by atoms with Crippen LogP contribution in [0.2, 0.25) is 0 Å². The van der Waals surface area contributed by atoms with Gasteiger partial charge < -0.3 is 10.1 Å². The zero-order valence-corrected chi connectivity index (χ0v) is 13.7. The zero-order valence-electron chi connectivity index (χ0n) is 13.7. The van der Waals surface area contributed by atoms with Crippen LogP contribution in [0.25, 0.3) is 0 Å². The molecule has 0 aliphatic heterocycles. The summed E-state index contributed by atoms with van der Waals surface area (Å²) in [5, 5.41) is 13.6. The van der Waals surface area contributed by atoms with Crippen LogP contribution in [0.3, 0.4) is 0 Å². The predicted octanol–water partition coefficient (Wildman–Crippen LogP) is 4.01. The molecule has 2 rings (SSSR count). The van der Waals surface area contributed by atoms with E-state index in [0.29, 0.717) is 24.3 Å². The second kappa shape index (κ2) is 8.10. The Bertz CT molecular complexity index is 744. The second-order valence-corrected chi connectivity index (χ2v) is 5.58. The van der Waals surface area contributed by atoms with E-state index in [2.05, 4.69) is 5.32 Å². The van der Waals surface area contributed by atoms with Crippen molar-refractivity contribution in [2.24, 2.45) is 0 Å². The summed E-state index contributed by atoms with van der Waals surface area (Å²) < 4.78 is 5.58. The first kappa shape index (κ1) is 17.5. The Hall–Kier alpha value is -2.89. The summed E-state index contributed by atoms with van der Waals surface area (Å²) in [6.07, 6.45) is 0.848. The molecule has 0 radical (unpaired) electrons. The normalized spacial score (nSPS) is 10.2. The summed E-state index contributed by atoms with van der Waals surface area (Å²) in [6, 6.07) is 12.4. The highest BCUT2D eigenvalue weighted by atomic mass is 16.6. The van der Waals surface area contributed by atoms with Gasteiger partial charge in [0.2, 0.25) is 5.91 Å². The van der Waals surface area contributed by atoms with Gasteiger partial charge in [-0.25, -0.2) is 0 Å². The minimum Gasteiger partial charge on any atom is -0.494 e. The van der Waals surface area contributed by atoms with Crippen molar-refractivity contribution in [2.75, 3.05) is 11.9 Å². The number of nitro benzene ring substituents is 1. The molecule has 0 saturated heterocycles. The molecule has 126 valence electrons. The van der Waals surface area contributed by atoms with Crippen molar-refractivity contribution in [3.8, 4) is 5.75 Å². The van der Waals surface area contributed by atoms with Crippen molar-refractivity contribution in [2.45, 2.75) is 26.7 Å². The second-order valence-electron chi connectivity index (χ2n) is 5.58. The molecule has 6 heteroatoms. The highest BCUT2D eigenvalue weighted by molar-refractivity contribution is 5.91. The molecule has 2 aromatic carbocycles. The van der Waals surface area contributed by atoms with Crippen molar-refractivity contribution in [1.29, 1.82) is 0 Å². The number of carbonyl (C=O) groups excluding carboxylic acids is 1. The lowest BCUT2D eigenvalue weighted by Gasteiger charge is -2.08. The van der Waals surface area contributed by atoms with E-state index in [4.69, 9.17) is 4.74 Å². The Morgan fingerprint density at radius 2 is 2.00 bits per heavy atom. The molecular weight excluding hydrogens is 308 g/mol. The molecule has 0 spiro atoms. The maximum Gasteiger partial charge on any atom is 0.274 e. The first-order valence-electron chi connectivity index (χ1n) is 7.70. The monoisotopic (exact) mass is 328 g/mol. The number of rotatable bonds is 7. The number of hydrogen-bond donors (Lipinski definition) is 1. The van der Waals surface area contributed by atoms with Crippen molar-refractivity contribution in [3.63, 3.8) is 0 Å². The smallest absolute Gasteiger partial charge is 0.274 e. The van der Waals surface area contributed by atoms with Gasteiger partial charge in [0.1, 0.15) is 5.75 Å². The van der Waals surface area contributed by atoms with Gasteiger partial charge in [-0.15, -0.1) is 0 Å². The van der Waals surface area contributed by atoms with E-state index in [1.54, 1.807) is 19.1 Å². The molecule has 0 unspecified atom stereocenters. The van der Waals surface area contributed by atoms with Crippen LogP contribution in [0, 0.1) is 24.0 Å². The summed E-state index contributed by atoms with van der Waals surface area (Å²) in [5.41, 5.74) is 2.10. The van der Waals surface area contributed by atoms with Crippen LogP contribution in [0.5, 0.6) is 5.75 Å². The summed E-state index contributed by atoms with van der Waals surface area (Å²) in [4.78, 5) is 22.4. The summed E-state index contributed by atoms with van der Waals surface area (Å²) in [6.45, 7) is 4.08. The standard InChI is InChI=1S/C18H20N2O4/c1-13-5-3-6-16(11-13)24-10-4-7-18(21)19-15-9-8-14(2)17(12-15)20(22)23/h3,5-6,8-9,11-12H,4,7,10H2,1-2H3,(H,19,21). The minimum absolute atomic E-state index is 0.00409. The van der Waals surface area contributed by atoms with E-state index in [-0.39, 0.29) is 18.0 Å². The van der Waals surface area contributed by atoms with Gasteiger partial charge in [-0.2, -0.15) is 0 Å². The van der Waals surface area contributed by atoms with Gasteiger partial charge in [-0.3, -0.25) is 14.9 Å². The van der Waals surface area contributed by atoms with Crippen molar-refractivity contribution < 1.29 is 14.5 Å². The molecule has 1 N–H and O–H groups in total. The molecule has 1 amide bonds. The number of anilines is 1. The predicted molar refractivity (Wildman–Crippen MR) is 92.4 cm³/mol. The van der Waals surface area contributed by atoms with E-state index in [0.717, 1.165) is 11.3 Å². The summed E-state index contributed by atoms with van der Waals surface area (Å²) in [5.74, 6) is 0.588. The topological polar surface area (TPSA) is 81.5 Å². The maximum atomic E-state index is 11.9. The fourth-order valence-corrected chi connectivity index (χ4v) is 2.24. The Morgan fingerprint density at radius 3 is 2.71 bits per heavy atom. The number of aryl methyl sites for hydroxylation is 2. The molecule has 0 saturated carbocycles. The van der Waals surface area contributed by atoms with Gasteiger partial charge in [-0.05, 0) is 44.0 Å². The zero-order chi connectivity index (χ0) is 17.5. The Kier molecular flexibility index (Phi) is 5.89. The number of benzene rings is 2. The van der Waals surface area contributed by atoms with E-state index >= 15 is 0 Å². The highest BCUT2D eigenvalue weighted by Gasteiger charge is 2.12. The van der Waals surface area contributed by atoms with Gasteiger partial charge in [0.15, 0.2) is 0 Å². The van der Waals surface area contributed by atoms with E-state index < -0.39 is 4.92 Å². The van der Waals surface area contributed by atoms with Gasteiger partial charge >= 0.3 is 0 Å². The van der Waals surface area contributed by atoms with E-state index in [1.807, 2.05) is 31.2 Å². The molecule has 6 nitrogen and oxygen atoms in total. The molecule has 2 aromatic rings. The lowest BCUT2D eigenvalue weighted by atomic mass is 10.2. The quantitative estimate of drug-likeness (QED) is 0.473. The lowest BCUT2D eigenvalue weighted by molar-refractivity contribution is -0.385. The van der Waals surface area contributed by atoms with Crippen LogP contribution >= 0.6 is 0 Å². The minimum atomic E-state index is -0.458. The average Bonchev–Trinajstić information content (AvgIpc) is 2.53. The number of nitrogens with zero attached hydrogens (tertiary/aromatic N) is 1. The molecule has 24 heavy (non-hydrogen) atoms. The third-order valence-corrected chi connectivity index (χ3v) is 3.50. The van der Waals surface area contributed by atoms with Gasteiger partial charge in [-0.1, -0.05) is 18.2 Å². The molecule has 0 aromatic heterocycles. The Balaban J connectivity index is 1.79. The van der Waals surface area contributed by atoms with Gasteiger partial charge in [0.05, 0.1) is 11.5 Å². The molecular formula is C18H20N2O4. The molecule has 0 bridgehead atoms. The Labute approximate surface area is 140 Å². The third-order valence-electron chi connectivity index (χ3n) is 3.50. The number of hydrogen-bond acceptors (Lipinski definition) is 4. The van der Waals surface area contributed by atoms with E-state index in [9.17, 15) is 14.9 Å². The molecule has 0 aliphatic rings. The molecule has 0 fully saturated rings. The highest BCUT2D eigenvalue weighted by Crippen LogP contribution is 2.22. The Morgan fingerprint density at radius 1 is 1.21 bits per heavy atom. The van der Waals surface area contributed by atoms with Gasteiger partial charge in [0.25, 0.3) is 5.69 Å². The average molecular weight is 328 g/mol. The SMILES string of the molecule is Cc1cccc(OCCCC(=O)Nc2ccc(C)c([N+](=O)[O-])c2)c1. The molecule has 0 heterocycles. The first-order valence-corrected chi connectivity index (χ1v) is 7.70. The first-order chi connectivity index (χ1) is 11.5. The van der Waals surface area contributed by atoms with Crippen molar-refractivity contribution >= 4 is 17.3 Å². The number of nitrogens with one attached hydrogen (secondary N) is 1. The summed E-state index contributed by atoms with van der Waals surface area (Å²) in [7, 11) is 0. The largest absolute Gasteiger partial charge is 0.494 e. The number of carbonyl (C=O) groups is 1. The van der Waals surface area contributed by atoms with Crippen molar-refractivity contribution in [3.05, 3.63) is 63.7 Å². The lowest BCUT2D eigenvalue weighted by Crippen LogP contribution is -2.13. The number of ether oxygens (including phenoxy) is 1. The van der Waals surface area contributed by atoms with Crippen LogP contribution in [-0.2, 0) is 4.79 Å². The molecule has 0 atom stereocenters. The van der Waals surface area contributed by atoms with Crippen LogP contribution < -0.4 is 10.1 Å². The number of amides is 1. The van der Waals surface area contributed by atoms with Gasteiger partial charge in [0, 0.05) is 23.7 Å².